The molecule has 1 aromatic heterocycles. The first-order chi connectivity index (χ1) is 6.39. The Morgan fingerprint density at radius 1 is 1.77 bits per heavy atom. The van der Waals surface area contributed by atoms with Crippen LogP contribution in [0.5, 0.6) is 0 Å². The molecule has 2 saturated heterocycles. The highest BCUT2D eigenvalue weighted by molar-refractivity contribution is 5.54. The minimum Gasteiger partial charge on any atom is -0.361 e. The molecule has 2 aliphatic carbocycles. The molecule has 5 rings (SSSR count). The standard InChI is InChI=1S/C10H12N2O/c1-2-5-3-7(12-13-5)10-6-4-11-9(10)8(6)10/h3,6,8-9,11H,2,4H2,1H3/t6-,8?,9?,10+/m1/s1. The van der Waals surface area contributed by atoms with Crippen LogP contribution in [0, 0.1) is 11.8 Å². The van der Waals surface area contributed by atoms with Gasteiger partial charge in [-0.2, -0.15) is 0 Å². The fraction of sp³-hybridized carbons (Fsp3) is 0.700. The molecular weight excluding hydrogens is 164 g/mol. The molecule has 13 heavy (non-hydrogen) atoms. The SMILES string of the molecule is CCc1cc([C@@]23C4NC[C@@H]2C43)no1. The topological polar surface area (TPSA) is 38.1 Å². The zero-order chi connectivity index (χ0) is 8.63. The summed E-state index contributed by atoms with van der Waals surface area (Å²) in [5, 5.41) is 7.70. The minimum absolute atomic E-state index is 0.441. The second-order valence-electron chi connectivity index (χ2n) is 4.48. The molecule has 3 heteroatoms. The van der Waals surface area contributed by atoms with E-state index in [4.69, 9.17) is 4.52 Å². The maximum atomic E-state index is 5.25. The first kappa shape index (κ1) is 6.60. The summed E-state index contributed by atoms with van der Waals surface area (Å²) < 4.78 is 5.25. The summed E-state index contributed by atoms with van der Waals surface area (Å²) in [5.74, 6) is 2.82. The van der Waals surface area contributed by atoms with E-state index < -0.39 is 0 Å². The van der Waals surface area contributed by atoms with E-state index >= 15 is 0 Å². The van der Waals surface area contributed by atoms with E-state index in [-0.39, 0.29) is 0 Å². The normalized spacial score (nSPS) is 49.2. The number of nitrogens with zero attached hydrogens (tertiary/aromatic N) is 1. The smallest absolute Gasteiger partial charge is 0.136 e. The Balaban J connectivity index is 1.76. The van der Waals surface area contributed by atoms with Gasteiger partial charge in [0.05, 0.1) is 5.69 Å². The Labute approximate surface area is 76.5 Å². The average molecular weight is 176 g/mol. The summed E-state index contributed by atoms with van der Waals surface area (Å²) in [6, 6.07) is 2.90. The number of fused-ring (bicyclic) bond motifs is 1. The van der Waals surface area contributed by atoms with Gasteiger partial charge in [-0.05, 0) is 18.4 Å². The van der Waals surface area contributed by atoms with Crippen LogP contribution >= 0.6 is 0 Å². The Morgan fingerprint density at radius 2 is 2.69 bits per heavy atom. The van der Waals surface area contributed by atoms with Crippen LogP contribution in [0.2, 0.25) is 0 Å². The van der Waals surface area contributed by atoms with Crippen LogP contribution < -0.4 is 5.32 Å². The first-order valence-corrected chi connectivity index (χ1v) is 5.08. The van der Waals surface area contributed by atoms with Crippen LogP contribution in [-0.4, -0.2) is 17.7 Å². The molecule has 68 valence electrons. The van der Waals surface area contributed by atoms with Crippen LogP contribution in [-0.2, 0) is 11.8 Å². The van der Waals surface area contributed by atoms with Crippen molar-refractivity contribution < 1.29 is 4.52 Å². The molecule has 0 radical (unpaired) electrons. The molecule has 2 saturated carbocycles. The van der Waals surface area contributed by atoms with Gasteiger partial charge in [-0.15, -0.1) is 0 Å². The summed E-state index contributed by atoms with van der Waals surface area (Å²) in [6.45, 7) is 3.30. The summed E-state index contributed by atoms with van der Waals surface area (Å²) in [5.41, 5.74) is 1.66. The second-order valence-corrected chi connectivity index (χ2v) is 4.48. The average Bonchev–Trinajstić information content (AvgIpc) is 2.80. The Morgan fingerprint density at radius 3 is 3.23 bits per heavy atom. The number of piperidine rings is 1. The lowest BCUT2D eigenvalue weighted by Crippen LogP contribution is -2.14. The molecule has 2 unspecified atom stereocenters. The number of aromatic nitrogens is 1. The molecule has 4 atom stereocenters. The highest BCUT2D eigenvalue weighted by Crippen LogP contribution is 2.82. The van der Waals surface area contributed by atoms with Gasteiger partial charge in [0, 0.05) is 23.9 Å². The fourth-order valence-corrected chi connectivity index (χ4v) is 3.34. The van der Waals surface area contributed by atoms with Crippen molar-refractivity contribution in [3.05, 3.63) is 17.5 Å². The predicted octanol–water partition coefficient (Wildman–Crippen LogP) is 0.706. The third-order valence-electron chi connectivity index (χ3n) is 4.16. The number of aryl methyl sites for hydroxylation is 1. The Hall–Kier alpha value is -0.830. The minimum atomic E-state index is 0.441. The van der Waals surface area contributed by atoms with Gasteiger partial charge in [-0.25, -0.2) is 0 Å². The van der Waals surface area contributed by atoms with Gasteiger partial charge < -0.3 is 9.84 Å². The lowest BCUT2D eigenvalue weighted by molar-refractivity contribution is 0.376. The summed E-state index contributed by atoms with van der Waals surface area (Å²) in [6.07, 6.45) is 0.955. The Kier molecular flexibility index (Phi) is 0.856. The molecule has 3 heterocycles. The number of hydrogen-bond acceptors (Lipinski definition) is 3. The summed E-state index contributed by atoms with van der Waals surface area (Å²) in [7, 11) is 0. The largest absolute Gasteiger partial charge is 0.361 e. The molecule has 0 aromatic carbocycles. The van der Waals surface area contributed by atoms with Crippen molar-refractivity contribution in [1.82, 2.24) is 10.5 Å². The van der Waals surface area contributed by atoms with Crippen LogP contribution in [0.3, 0.4) is 0 Å². The molecular formula is C10H12N2O. The lowest BCUT2D eigenvalue weighted by Gasteiger charge is -2.00. The van der Waals surface area contributed by atoms with Crippen molar-refractivity contribution in [3.8, 4) is 0 Å². The molecule has 4 aliphatic rings. The third kappa shape index (κ3) is 0.504. The zero-order valence-electron chi connectivity index (χ0n) is 7.58. The highest BCUT2D eigenvalue weighted by atomic mass is 16.5. The van der Waals surface area contributed by atoms with Crippen molar-refractivity contribution in [2.45, 2.75) is 24.8 Å². The van der Waals surface area contributed by atoms with E-state index in [1.807, 2.05) is 0 Å². The van der Waals surface area contributed by atoms with Crippen LogP contribution in [0.4, 0.5) is 0 Å². The van der Waals surface area contributed by atoms with E-state index in [0.29, 0.717) is 5.41 Å². The van der Waals surface area contributed by atoms with Crippen LogP contribution in [0.1, 0.15) is 18.4 Å². The summed E-state index contributed by atoms with van der Waals surface area (Å²) in [4.78, 5) is 0. The van der Waals surface area contributed by atoms with Gasteiger partial charge >= 0.3 is 0 Å². The van der Waals surface area contributed by atoms with Crippen molar-refractivity contribution in [2.75, 3.05) is 6.54 Å². The molecule has 2 aliphatic heterocycles. The van der Waals surface area contributed by atoms with Crippen molar-refractivity contribution in [2.24, 2.45) is 11.8 Å². The van der Waals surface area contributed by atoms with Gasteiger partial charge in [0.15, 0.2) is 0 Å². The van der Waals surface area contributed by atoms with Gasteiger partial charge in [0.1, 0.15) is 5.76 Å². The lowest BCUT2D eigenvalue weighted by atomic mass is 10.0. The summed E-state index contributed by atoms with van der Waals surface area (Å²) >= 11 is 0. The van der Waals surface area contributed by atoms with E-state index in [0.717, 1.165) is 30.1 Å². The third-order valence-corrected chi connectivity index (χ3v) is 4.16. The molecule has 1 aromatic rings. The van der Waals surface area contributed by atoms with Crippen molar-refractivity contribution in [1.29, 1.82) is 0 Å². The quantitative estimate of drug-likeness (QED) is 0.721. The first-order valence-electron chi connectivity index (χ1n) is 5.08. The van der Waals surface area contributed by atoms with E-state index in [1.54, 1.807) is 0 Å². The van der Waals surface area contributed by atoms with Gasteiger partial charge in [-0.3, -0.25) is 0 Å². The number of nitrogens with one attached hydrogen (secondary N) is 1. The van der Waals surface area contributed by atoms with Gasteiger partial charge in [0.2, 0.25) is 0 Å². The van der Waals surface area contributed by atoms with E-state index in [1.165, 1.54) is 12.2 Å². The predicted molar refractivity (Wildman–Crippen MR) is 46.3 cm³/mol. The van der Waals surface area contributed by atoms with Crippen LogP contribution in [0.15, 0.2) is 10.6 Å². The Bertz CT molecular complexity index is 363. The molecule has 0 amide bonds. The van der Waals surface area contributed by atoms with E-state index in [2.05, 4.69) is 23.5 Å². The van der Waals surface area contributed by atoms with Crippen LogP contribution in [0.25, 0.3) is 0 Å². The fourth-order valence-electron chi connectivity index (χ4n) is 3.34. The highest BCUT2D eigenvalue weighted by Gasteiger charge is 2.91. The zero-order valence-corrected chi connectivity index (χ0v) is 7.58. The van der Waals surface area contributed by atoms with Gasteiger partial charge in [0.25, 0.3) is 0 Å². The maximum absolute atomic E-state index is 5.25. The van der Waals surface area contributed by atoms with Crippen molar-refractivity contribution in [3.63, 3.8) is 0 Å². The molecule has 2 bridgehead atoms. The second kappa shape index (κ2) is 1.69. The maximum Gasteiger partial charge on any atom is 0.136 e. The monoisotopic (exact) mass is 176 g/mol. The molecule has 4 fully saturated rings. The van der Waals surface area contributed by atoms with Gasteiger partial charge in [-0.1, -0.05) is 12.1 Å². The van der Waals surface area contributed by atoms with E-state index in [9.17, 15) is 0 Å². The number of hydrogen-bond donors (Lipinski definition) is 1. The van der Waals surface area contributed by atoms with Crippen molar-refractivity contribution >= 4 is 0 Å². The molecule has 0 spiro atoms. The molecule has 3 nitrogen and oxygen atoms in total. The molecule has 1 N–H and O–H groups in total. The number of rotatable bonds is 2.